The van der Waals surface area contributed by atoms with Gasteiger partial charge in [0, 0.05) is 44.3 Å². The highest BCUT2D eigenvalue weighted by Crippen LogP contribution is 2.51. The Balaban J connectivity index is 1.56. The van der Waals surface area contributed by atoms with Gasteiger partial charge in [-0.1, -0.05) is 25.8 Å². The molecule has 0 spiro atoms. The number of allylic oxidation sites excluding steroid dienone is 1. The molecule has 2 saturated heterocycles. The second kappa shape index (κ2) is 6.75. The van der Waals surface area contributed by atoms with Crippen LogP contribution in [-0.2, 0) is 9.59 Å². The number of nitrogens with zero attached hydrogens (tertiary/aromatic N) is 3. The third kappa shape index (κ3) is 2.80. The summed E-state index contributed by atoms with van der Waals surface area (Å²) in [6.07, 6.45) is 9.91. The molecule has 0 aromatic carbocycles. The molecule has 0 bridgehead atoms. The second-order valence-electron chi connectivity index (χ2n) is 8.14. The fourth-order valence-electron chi connectivity index (χ4n) is 5.39. The van der Waals surface area contributed by atoms with Gasteiger partial charge in [0.2, 0.25) is 11.8 Å². The average Bonchev–Trinajstić information content (AvgIpc) is 3.31. The summed E-state index contributed by atoms with van der Waals surface area (Å²) in [7, 11) is 0. The van der Waals surface area contributed by atoms with Gasteiger partial charge < -0.3 is 14.7 Å². The van der Waals surface area contributed by atoms with Crippen LogP contribution in [0.3, 0.4) is 0 Å². The van der Waals surface area contributed by atoms with Crippen LogP contribution >= 0.6 is 0 Å². The van der Waals surface area contributed by atoms with Gasteiger partial charge in [0.15, 0.2) is 0 Å². The topological polar surface area (TPSA) is 43.9 Å². The van der Waals surface area contributed by atoms with Crippen LogP contribution < -0.4 is 0 Å². The lowest BCUT2D eigenvalue weighted by Gasteiger charge is -2.47. The third-order valence-electron chi connectivity index (χ3n) is 6.90. The van der Waals surface area contributed by atoms with E-state index in [-0.39, 0.29) is 5.91 Å². The van der Waals surface area contributed by atoms with Crippen molar-refractivity contribution < 1.29 is 9.59 Å². The van der Waals surface area contributed by atoms with Crippen LogP contribution in [0.2, 0.25) is 0 Å². The number of rotatable bonds is 3. The summed E-state index contributed by atoms with van der Waals surface area (Å²) in [4.78, 5) is 32.8. The minimum absolute atomic E-state index is 0.249. The van der Waals surface area contributed by atoms with Crippen molar-refractivity contribution in [2.75, 3.05) is 32.7 Å². The number of hydrogen-bond donors (Lipinski definition) is 0. The molecular formula is C20H31N3O2. The first-order chi connectivity index (χ1) is 12.2. The Morgan fingerprint density at radius 3 is 2.56 bits per heavy atom. The minimum Gasteiger partial charge on any atom is -0.339 e. The Kier molecular flexibility index (Phi) is 4.61. The van der Waals surface area contributed by atoms with Crippen molar-refractivity contribution in [3.63, 3.8) is 0 Å². The number of likely N-dealkylation sites (N-methyl/N-ethyl adjacent to an activating group) is 1. The zero-order valence-electron chi connectivity index (χ0n) is 15.5. The Hall–Kier alpha value is -1.36. The zero-order valence-corrected chi connectivity index (χ0v) is 15.5. The van der Waals surface area contributed by atoms with Crippen molar-refractivity contribution in [3.8, 4) is 0 Å². The van der Waals surface area contributed by atoms with Crippen molar-refractivity contribution >= 4 is 11.8 Å². The number of carbonyl (C=O) groups excluding carboxylic acids is 2. The van der Waals surface area contributed by atoms with Gasteiger partial charge in [-0.15, -0.1) is 0 Å². The van der Waals surface area contributed by atoms with Gasteiger partial charge in [0.05, 0.1) is 5.41 Å². The maximum Gasteiger partial charge on any atom is 0.234 e. The van der Waals surface area contributed by atoms with Crippen molar-refractivity contribution in [1.29, 1.82) is 0 Å². The van der Waals surface area contributed by atoms with Gasteiger partial charge in [-0.3, -0.25) is 9.59 Å². The van der Waals surface area contributed by atoms with Crippen LogP contribution in [0.1, 0.15) is 58.3 Å². The summed E-state index contributed by atoms with van der Waals surface area (Å²) >= 11 is 0. The normalized spacial score (nSPS) is 31.4. The first-order valence-electron chi connectivity index (χ1n) is 10.2. The molecule has 2 amide bonds. The van der Waals surface area contributed by atoms with Crippen LogP contribution in [0.25, 0.3) is 0 Å². The van der Waals surface area contributed by atoms with Gasteiger partial charge in [-0.05, 0) is 38.6 Å². The average molecular weight is 345 g/mol. The van der Waals surface area contributed by atoms with E-state index in [1.54, 1.807) is 0 Å². The molecule has 138 valence electrons. The number of piperidine rings is 1. The number of likely N-dealkylation sites (tertiary alicyclic amines) is 1. The number of amides is 2. The highest BCUT2D eigenvalue weighted by Gasteiger charge is 2.53. The molecule has 2 aliphatic carbocycles. The Morgan fingerprint density at radius 2 is 1.88 bits per heavy atom. The molecule has 0 N–H and O–H groups in total. The lowest BCUT2D eigenvalue weighted by Crippen LogP contribution is -2.57. The Bertz CT molecular complexity index is 573. The van der Waals surface area contributed by atoms with E-state index in [2.05, 4.69) is 27.7 Å². The third-order valence-corrected chi connectivity index (χ3v) is 6.90. The summed E-state index contributed by atoms with van der Waals surface area (Å²) in [5.74, 6) is 0.543. The second-order valence-corrected chi connectivity index (χ2v) is 8.14. The molecule has 1 unspecified atom stereocenters. The summed E-state index contributed by atoms with van der Waals surface area (Å²) in [5.41, 5.74) is 0.656. The number of hydrogen-bond acceptors (Lipinski definition) is 3. The molecule has 1 atom stereocenters. The molecule has 4 aliphatic rings. The van der Waals surface area contributed by atoms with E-state index in [9.17, 15) is 9.59 Å². The van der Waals surface area contributed by atoms with Crippen LogP contribution in [0, 0.1) is 5.41 Å². The lowest BCUT2D eigenvalue weighted by atomic mass is 9.75. The van der Waals surface area contributed by atoms with Crippen LogP contribution in [0.4, 0.5) is 0 Å². The van der Waals surface area contributed by atoms with E-state index < -0.39 is 5.41 Å². The number of fused-ring (bicyclic) bond motifs is 1. The van der Waals surface area contributed by atoms with Crippen LogP contribution in [-0.4, -0.2) is 65.3 Å². The lowest BCUT2D eigenvalue weighted by molar-refractivity contribution is -0.148. The molecule has 5 nitrogen and oxygen atoms in total. The molecule has 25 heavy (non-hydrogen) atoms. The van der Waals surface area contributed by atoms with Gasteiger partial charge >= 0.3 is 0 Å². The predicted molar refractivity (Wildman–Crippen MR) is 96.8 cm³/mol. The molecule has 3 fully saturated rings. The monoisotopic (exact) mass is 345 g/mol. The predicted octanol–water partition coefficient (Wildman–Crippen LogP) is 2.38. The molecule has 0 radical (unpaired) electrons. The van der Waals surface area contributed by atoms with E-state index in [1.165, 1.54) is 12.8 Å². The minimum atomic E-state index is -0.412. The van der Waals surface area contributed by atoms with E-state index in [0.717, 1.165) is 64.1 Å². The van der Waals surface area contributed by atoms with E-state index in [4.69, 9.17) is 0 Å². The van der Waals surface area contributed by atoms with Crippen LogP contribution in [0.15, 0.2) is 11.8 Å². The number of piperazine rings is 1. The number of carbonyl (C=O) groups is 2. The molecule has 0 aromatic heterocycles. The van der Waals surface area contributed by atoms with E-state index in [1.807, 2.05) is 0 Å². The van der Waals surface area contributed by atoms with Gasteiger partial charge in [0.1, 0.15) is 0 Å². The maximum atomic E-state index is 13.5. The molecule has 4 rings (SSSR count). The van der Waals surface area contributed by atoms with Crippen molar-refractivity contribution in [3.05, 3.63) is 11.8 Å². The van der Waals surface area contributed by atoms with E-state index in [0.29, 0.717) is 24.8 Å². The van der Waals surface area contributed by atoms with Gasteiger partial charge in [-0.25, -0.2) is 0 Å². The molecule has 2 heterocycles. The first kappa shape index (κ1) is 17.1. The smallest absolute Gasteiger partial charge is 0.234 e. The van der Waals surface area contributed by atoms with E-state index >= 15 is 0 Å². The zero-order chi connectivity index (χ0) is 17.4. The van der Waals surface area contributed by atoms with Crippen molar-refractivity contribution in [2.24, 2.45) is 5.41 Å². The fourth-order valence-corrected chi connectivity index (χ4v) is 5.39. The highest BCUT2D eigenvalue weighted by atomic mass is 16.2. The SMILES string of the molecule is CCN1CCN(C(=O)C23CCC=C2N(C2CCCC2)C(=O)CC3)CC1. The maximum absolute atomic E-state index is 13.5. The highest BCUT2D eigenvalue weighted by molar-refractivity contribution is 5.91. The Labute approximate surface area is 151 Å². The van der Waals surface area contributed by atoms with Gasteiger partial charge in [0.25, 0.3) is 0 Å². The van der Waals surface area contributed by atoms with Crippen molar-refractivity contribution in [2.45, 2.75) is 64.3 Å². The molecule has 5 heteroatoms. The fraction of sp³-hybridized carbons (Fsp3) is 0.800. The summed E-state index contributed by atoms with van der Waals surface area (Å²) < 4.78 is 0. The quantitative estimate of drug-likeness (QED) is 0.789. The summed E-state index contributed by atoms with van der Waals surface area (Å²) in [5, 5.41) is 0. The molecule has 1 saturated carbocycles. The largest absolute Gasteiger partial charge is 0.339 e. The van der Waals surface area contributed by atoms with Crippen molar-refractivity contribution in [1.82, 2.24) is 14.7 Å². The standard InChI is InChI=1S/C20H31N3O2/c1-2-21-12-14-22(15-13-21)19(25)20-10-5-8-17(20)23(18(24)9-11-20)16-6-3-4-7-16/h8,16H,2-7,9-15H2,1H3. The molecule has 0 aromatic rings. The summed E-state index contributed by atoms with van der Waals surface area (Å²) in [6.45, 7) is 6.85. The first-order valence-corrected chi connectivity index (χ1v) is 10.2. The Morgan fingerprint density at radius 1 is 1.16 bits per heavy atom. The molecular weight excluding hydrogens is 314 g/mol. The van der Waals surface area contributed by atoms with Crippen LogP contribution in [0.5, 0.6) is 0 Å². The van der Waals surface area contributed by atoms with Gasteiger partial charge in [-0.2, -0.15) is 0 Å². The molecule has 2 aliphatic heterocycles. The summed E-state index contributed by atoms with van der Waals surface area (Å²) in [6, 6.07) is 0.335.